The average Bonchev–Trinajstić information content (AvgIpc) is 3.85. The van der Waals surface area contributed by atoms with Crippen LogP contribution in [0.4, 0.5) is 9.59 Å². The molecular weight excluding hydrogens is 743 g/mol. The molecule has 5 rings (SSSR count). The van der Waals surface area contributed by atoms with Gasteiger partial charge in [0.1, 0.15) is 12.6 Å². The Morgan fingerprint density at radius 1 is 0.768 bits per heavy atom. The number of ether oxygens (including phenoxy) is 4. The Kier molecular flexibility index (Phi) is 17.6. The summed E-state index contributed by atoms with van der Waals surface area (Å²) in [6.07, 6.45) is 3.60. The molecule has 2 fully saturated rings. The molecule has 5 amide bonds. The Morgan fingerprint density at radius 2 is 1.36 bits per heavy atom. The van der Waals surface area contributed by atoms with Crippen molar-refractivity contribution in [1.82, 2.24) is 26.6 Å². The van der Waals surface area contributed by atoms with E-state index in [1.807, 2.05) is 60.3 Å². The standard InChI is InChI=1S/C40H55N5O10S/c46-35(14-6-5-13-34-37-33(26-56-34)43-39(50)45-37)41-17-7-19-52-21-23-54-24-22-53-20-8-18-42-36(47)16-15-32(38(48)49)44-40(51)55-25-31-29-11-3-1-9-27(29)28-10-2-4-12-30(28)31/h1-4,9-12,31-34,37H,5-8,13-26H2,(H,41,46)(H,42,47)(H,44,51)(H,48,49)(H2,43,45,50). The van der Waals surface area contributed by atoms with E-state index in [4.69, 9.17) is 18.9 Å². The molecule has 2 heterocycles. The normalized spacial score (nSPS) is 18.6. The molecule has 2 aromatic rings. The van der Waals surface area contributed by atoms with Gasteiger partial charge in [-0.2, -0.15) is 11.8 Å². The van der Waals surface area contributed by atoms with Crippen LogP contribution < -0.4 is 26.6 Å². The first-order valence-corrected chi connectivity index (χ1v) is 20.6. The topological polar surface area (TPSA) is 203 Å². The maximum absolute atomic E-state index is 12.6. The van der Waals surface area contributed by atoms with Gasteiger partial charge in [0.15, 0.2) is 0 Å². The van der Waals surface area contributed by atoms with Crippen LogP contribution in [0, 0.1) is 0 Å². The Bertz CT molecular complexity index is 1570. The van der Waals surface area contributed by atoms with E-state index in [2.05, 4.69) is 26.6 Å². The van der Waals surface area contributed by atoms with E-state index in [-0.39, 0.29) is 55.3 Å². The van der Waals surface area contributed by atoms with Crippen LogP contribution in [0.15, 0.2) is 48.5 Å². The number of carbonyl (C=O) groups excluding carboxylic acids is 4. The lowest BCUT2D eigenvalue weighted by molar-refractivity contribution is -0.139. The number of hydrogen-bond donors (Lipinski definition) is 6. The van der Waals surface area contributed by atoms with Crippen LogP contribution in [0.1, 0.15) is 68.4 Å². The maximum atomic E-state index is 12.6. The van der Waals surface area contributed by atoms with E-state index in [0.717, 1.165) is 53.7 Å². The third-order valence-electron chi connectivity index (χ3n) is 9.99. The van der Waals surface area contributed by atoms with Crippen molar-refractivity contribution in [2.45, 2.75) is 80.7 Å². The molecule has 3 aliphatic rings. The van der Waals surface area contributed by atoms with Gasteiger partial charge in [0.05, 0.1) is 38.5 Å². The van der Waals surface area contributed by atoms with Crippen LogP contribution in [0.3, 0.4) is 0 Å². The van der Waals surface area contributed by atoms with Gasteiger partial charge < -0.3 is 50.6 Å². The first kappa shape index (κ1) is 42.8. The summed E-state index contributed by atoms with van der Waals surface area (Å²) in [6.45, 7) is 3.63. The van der Waals surface area contributed by atoms with Gasteiger partial charge >= 0.3 is 18.1 Å². The molecule has 4 atom stereocenters. The van der Waals surface area contributed by atoms with E-state index >= 15 is 0 Å². The van der Waals surface area contributed by atoms with Crippen LogP contribution in [0.5, 0.6) is 0 Å². The molecule has 0 bridgehead atoms. The van der Waals surface area contributed by atoms with Crippen molar-refractivity contribution >= 4 is 41.7 Å². The predicted octanol–water partition coefficient (Wildman–Crippen LogP) is 3.55. The maximum Gasteiger partial charge on any atom is 0.407 e. The van der Waals surface area contributed by atoms with Crippen molar-refractivity contribution in [3.05, 3.63) is 59.7 Å². The number of alkyl carbamates (subject to hydrolysis) is 1. The molecule has 1 aliphatic carbocycles. The van der Waals surface area contributed by atoms with Gasteiger partial charge in [0, 0.05) is 56.1 Å². The SMILES string of the molecule is O=C(CCCCC1SCC2NC(=O)NC21)NCCCOCCOCCOCCCNC(=O)CCC(NC(=O)OCC1c2ccccc2-c2ccccc21)C(=O)O. The lowest BCUT2D eigenvalue weighted by atomic mass is 9.98. The number of aliphatic carboxylic acids is 1. The van der Waals surface area contributed by atoms with Crippen LogP contribution in [0.2, 0.25) is 0 Å². The smallest absolute Gasteiger partial charge is 0.407 e. The fraction of sp³-hybridized carbons (Fsp3) is 0.575. The molecule has 56 heavy (non-hydrogen) atoms. The molecular formula is C40H55N5O10S. The van der Waals surface area contributed by atoms with Gasteiger partial charge in [0.2, 0.25) is 11.8 Å². The number of fused-ring (bicyclic) bond motifs is 4. The van der Waals surface area contributed by atoms with Gasteiger partial charge in [-0.3, -0.25) is 9.59 Å². The van der Waals surface area contributed by atoms with E-state index in [1.165, 1.54) is 0 Å². The highest BCUT2D eigenvalue weighted by atomic mass is 32.2. The summed E-state index contributed by atoms with van der Waals surface area (Å²) in [5.74, 6) is -0.717. The molecule has 2 saturated heterocycles. The number of unbranched alkanes of at least 4 members (excludes halogenated alkanes) is 1. The van der Waals surface area contributed by atoms with Crippen LogP contribution in [-0.4, -0.2) is 123 Å². The zero-order valence-corrected chi connectivity index (χ0v) is 32.6. The van der Waals surface area contributed by atoms with Crippen LogP contribution in [0.25, 0.3) is 11.1 Å². The van der Waals surface area contributed by atoms with Gasteiger partial charge in [-0.1, -0.05) is 55.0 Å². The second kappa shape index (κ2) is 23.0. The van der Waals surface area contributed by atoms with Crippen molar-refractivity contribution in [2.75, 3.05) is 65.1 Å². The van der Waals surface area contributed by atoms with E-state index in [9.17, 15) is 29.1 Å². The molecule has 16 heteroatoms. The summed E-state index contributed by atoms with van der Waals surface area (Å²) in [6, 6.07) is 15.0. The molecule has 0 radical (unpaired) electrons. The highest BCUT2D eigenvalue weighted by molar-refractivity contribution is 8.00. The summed E-state index contributed by atoms with van der Waals surface area (Å²) in [4.78, 5) is 60.2. The molecule has 0 spiro atoms. The van der Waals surface area contributed by atoms with Crippen LogP contribution >= 0.6 is 11.8 Å². The number of hydrogen-bond acceptors (Lipinski definition) is 10. The lowest BCUT2D eigenvalue weighted by Crippen LogP contribution is -2.42. The number of carbonyl (C=O) groups is 5. The third kappa shape index (κ3) is 13.4. The molecule has 6 N–H and O–H groups in total. The largest absolute Gasteiger partial charge is 0.480 e. The Balaban J connectivity index is 0.786. The van der Waals surface area contributed by atoms with Gasteiger partial charge in [0.25, 0.3) is 0 Å². The molecule has 0 aromatic heterocycles. The quantitative estimate of drug-likeness (QED) is 0.0601. The molecule has 4 unspecified atom stereocenters. The second-order valence-electron chi connectivity index (χ2n) is 14.0. The first-order chi connectivity index (χ1) is 27.3. The lowest BCUT2D eigenvalue weighted by Gasteiger charge is -2.17. The monoisotopic (exact) mass is 797 g/mol. The molecule has 306 valence electrons. The van der Waals surface area contributed by atoms with Crippen molar-refractivity contribution < 1.29 is 48.0 Å². The Morgan fingerprint density at radius 3 is 1.98 bits per heavy atom. The minimum atomic E-state index is -1.27. The zero-order valence-electron chi connectivity index (χ0n) is 31.8. The number of amides is 5. The van der Waals surface area contributed by atoms with Crippen molar-refractivity contribution in [3.8, 4) is 11.1 Å². The number of carboxylic acid groups (broad SMARTS) is 1. The summed E-state index contributed by atoms with van der Waals surface area (Å²) in [5, 5.41) is 24.0. The Hall–Kier alpha value is -4.38. The summed E-state index contributed by atoms with van der Waals surface area (Å²) >= 11 is 1.89. The number of thioether (sulfide) groups is 1. The predicted molar refractivity (Wildman–Crippen MR) is 211 cm³/mol. The van der Waals surface area contributed by atoms with E-state index < -0.39 is 18.1 Å². The summed E-state index contributed by atoms with van der Waals surface area (Å²) in [7, 11) is 0. The highest BCUT2D eigenvalue weighted by Crippen LogP contribution is 2.44. The highest BCUT2D eigenvalue weighted by Gasteiger charge is 2.42. The van der Waals surface area contributed by atoms with Gasteiger partial charge in [-0.05, 0) is 54.4 Å². The van der Waals surface area contributed by atoms with E-state index in [0.29, 0.717) is 70.8 Å². The fourth-order valence-electron chi connectivity index (χ4n) is 7.11. The summed E-state index contributed by atoms with van der Waals surface area (Å²) < 4.78 is 22.1. The molecule has 0 saturated carbocycles. The molecule has 2 aromatic carbocycles. The number of nitrogens with one attached hydrogen (secondary N) is 5. The number of benzene rings is 2. The third-order valence-corrected chi connectivity index (χ3v) is 11.5. The summed E-state index contributed by atoms with van der Waals surface area (Å²) in [5.41, 5.74) is 4.29. The van der Waals surface area contributed by atoms with Crippen molar-refractivity contribution in [3.63, 3.8) is 0 Å². The Labute approximate surface area is 332 Å². The average molecular weight is 798 g/mol. The zero-order chi connectivity index (χ0) is 39.5. The second-order valence-corrected chi connectivity index (χ2v) is 15.3. The van der Waals surface area contributed by atoms with Gasteiger partial charge in [-0.25, -0.2) is 14.4 Å². The number of carboxylic acids is 1. The fourth-order valence-corrected chi connectivity index (χ4v) is 8.66. The first-order valence-electron chi connectivity index (χ1n) is 19.6. The minimum absolute atomic E-state index is 0.0511. The van der Waals surface area contributed by atoms with Crippen molar-refractivity contribution in [1.29, 1.82) is 0 Å². The minimum Gasteiger partial charge on any atom is -0.480 e. The van der Waals surface area contributed by atoms with Crippen LogP contribution in [-0.2, 0) is 33.3 Å². The van der Waals surface area contributed by atoms with E-state index in [1.54, 1.807) is 0 Å². The number of urea groups is 1. The van der Waals surface area contributed by atoms with Gasteiger partial charge in [-0.15, -0.1) is 0 Å². The molecule has 15 nitrogen and oxygen atoms in total. The number of rotatable bonds is 26. The molecule has 2 aliphatic heterocycles. The van der Waals surface area contributed by atoms with Crippen molar-refractivity contribution in [2.24, 2.45) is 0 Å².